The largest absolute Gasteiger partial charge is 0.378 e. The standard InChI is InChI=1S/C7H13IN2O/c8-10-2-1-9-3-4-11-6-7(9)5-10/h7H,1-6H2/t7-/m1/s1. The fourth-order valence-corrected chi connectivity index (χ4v) is 2.38. The lowest BCUT2D eigenvalue weighted by Gasteiger charge is -2.41. The van der Waals surface area contributed by atoms with Crippen LogP contribution in [-0.4, -0.2) is 53.4 Å². The van der Waals surface area contributed by atoms with Gasteiger partial charge in [0.1, 0.15) is 0 Å². The molecule has 2 heterocycles. The van der Waals surface area contributed by atoms with E-state index in [1.807, 2.05) is 0 Å². The average molecular weight is 268 g/mol. The predicted octanol–water partition coefficient (Wildman–Crippen LogP) is 0.353. The van der Waals surface area contributed by atoms with Crippen molar-refractivity contribution in [2.75, 3.05) is 39.4 Å². The number of nitrogens with zero attached hydrogens (tertiary/aromatic N) is 2. The number of fused-ring (bicyclic) bond motifs is 1. The van der Waals surface area contributed by atoms with Gasteiger partial charge in [0.05, 0.1) is 13.2 Å². The second-order valence-electron chi connectivity index (χ2n) is 3.13. The molecule has 64 valence electrons. The Bertz CT molecular complexity index is 144. The Morgan fingerprint density at radius 2 is 2.18 bits per heavy atom. The van der Waals surface area contributed by atoms with Crippen LogP contribution in [0.4, 0.5) is 0 Å². The summed E-state index contributed by atoms with van der Waals surface area (Å²) >= 11 is 2.40. The van der Waals surface area contributed by atoms with E-state index in [1.165, 1.54) is 19.6 Å². The maximum absolute atomic E-state index is 5.42. The molecule has 3 nitrogen and oxygen atoms in total. The molecule has 2 saturated heterocycles. The molecule has 0 amide bonds. The first kappa shape index (κ1) is 8.22. The number of rotatable bonds is 0. The summed E-state index contributed by atoms with van der Waals surface area (Å²) in [5, 5.41) is 0. The van der Waals surface area contributed by atoms with Gasteiger partial charge in [0.15, 0.2) is 0 Å². The molecule has 0 aromatic rings. The van der Waals surface area contributed by atoms with E-state index < -0.39 is 0 Å². The van der Waals surface area contributed by atoms with Gasteiger partial charge in [-0.2, -0.15) is 0 Å². The van der Waals surface area contributed by atoms with Gasteiger partial charge in [-0.25, -0.2) is 3.11 Å². The predicted molar refractivity (Wildman–Crippen MR) is 51.8 cm³/mol. The van der Waals surface area contributed by atoms with Crippen molar-refractivity contribution in [2.24, 2.45) is 0 Å². The van der Waals surface area contributed by atoms with E-state index in [2.05, 4.69) is 30.9 Å². The number of morpholine rings is 1. The van der Waals surface area contributed by atoms with Crippen LogP contribution in [0.1, 0.15) is 0 Å². The Hall–Kier alpha value is 0.610. The van der Waals surface area contributed by atoms with Crippen LogP contribution in [0.3, 0.4) is 0 Å². The first-order chi connectivity index (χ1) is 5.36. The molecule has 0 aliphatic carbocycles. The van der Waals surface area contributed by atoms with E-state index in [0.29, 0.717) is 6.04 Å². The average Bonchev–Trinajstić information content (AvgIpc) is 2.04. The Kier molecular flexibility index (Phi) is 2.65. The van der Waals surface area contributed by atoms with Gasteiger partial charge in [0.2, 0.25) is 0 Å². The summed E-state index contributed by atoms with van der Waals surface area (Å²) in [5.74, 6) is 0. The fourth-order valence-electron chi connectivity index (χ4n) is 1.71. The molecule has 0 unspecified atom stereocenters. The molecule has 11 heavy (non-hydrogen) atoms. The number of hydrogen-bond acceptors (Lipinski definition) is 3. The van der Waals surface area contributed by atoms with Gasteiger partial charge in [0.25, 0.3) is 0 Å². The van der Waals surface area contributed by atoms with E-state index >= 15 is 0 Å². The maximum atomic E-state index is 5.42. The molecule has 0 bridgehead atoms. The molecule has 2 fully saturated rings. The molecule has 4 heteroatoms. The molecule has 0 saturated carbocycles. The van der Waals surface area contributed by atoms with Crippen LogP contribution >= 0.6 is 22.9 Å². The summed E-state index contributed by atoms with van der Waals surface area (Å²) in [6, 6.07) is 0.661. The zero-order valence-electron chi connectivity index (χ0n) is 6.50. The van der Waals surface area contributed by atoms with Crippen molar-refractivity contribution in [3.63, 3.8) is 0 Å². The molecule has 0 N–H and O–H groups in total. The minimum absolute atomic E-state index is 0.661. The van der Waals surface area contributed by atoms with Crippen LogP contribution in [0.2, 0.25) is 0 Å². The quantitative estimate of drug-likeness (QED) is 0.466. The topological polar surface area (TPSA) is 15.7 Å². The van der Waals surface area contributed by atoms with Crippen LogP contribution in [0.25, 0.3) is 0 Å². The fraction of sp³-hybridized carbons (Fsp3) is 1.00. The lowest BCUT2D eigenvalue weighted by molar-refractivity contribution is -0.0266. The molecule has 2 rings (SSSR count). The van der Waals surface area contributed by atoms with Gasteiger partial charge < -0.3 is 4.74 Å². The van der Waals surface area contributed by atoms with Gasteiger partial charge in [-0.05, 0) is 0 Å². The molecular formula is C7H13IN2O. The van der Waals surface area contributed by atoms with Gasteiger partial charge in [-0.1, -0.05) is 0 Å². The van der Waals surface area contributed by atoms with Crippen LogP contribution in [0, 0.1) is 0 Å². The van der Waals surface area contributed by atoms with E-state index in [9.17, 15) is 0 Å². The zero-order valence-corrected chi connectivity index (χ0v) is 8.66. The molecule has 0 radical (unpaired) electrons. The van der Waals surface area contributed by atoms with Crippen molar-refractivity contribution in [2.45, 2.75) is 6.04 Å². The molecule has 2 aliphatic rings. The van der Waals surface area contributed by atoms with Crippen molar-refractivity contribution in [3.8, 4) is 0 Å². The number of halogens is 1. The monoisotopic (exact) mass is 268 g/mol. The highest BCUT2D eigenvalue weighted by Gasteiger charge is 2.28. The summed E-state index contributed by atoms with van der Waals surface area (Å²) < 4.78 is 7.77. The number of ether oxygens (including phenoxy) is 1. The van der Waals surface area contributed by atoms with Crippen LogP contribution in [-0.2, 0) is 4.74 Å². The van der Waals surface area contributed by atoms with E-state index in [-0.39, 0.29) is 0 Å². The number of piperazine rings is 1. The summed E-state index contributed by atoms with van der Waals surface area (Å²) in [4.78, 5) is 2.54. The van der Waals surface area contributed by atoms with Crippen LogP contribution in [0.15, 0.2) is 0 Å². The Balaban J connectivity index is 1.93. The minimum Gasteiger partial charge on any atom is -0.378 e. The van der Waals surface area contributed by atoms with E-state index in [4.69, 9.17) is 4.74 Å². The van der Waals surface area contributed by atoms with Crippen molar-refractivity contribution < 1.29 is 4.74 Å². The summed E-state index contributed by atoms with van der Waals surface area (Å²) in [6.07, 6.45) is 0. The van der Waals surface area contributed by atoms with E-state index in [1.54, 1.807) is 0 Å². The van der Waals surface area contributed by atoms with Crippen molar-refractivity contribution in [3.05, 3.63) is 0 Å². The van der Waals surface area contributed by atoms with Crippen LogP contribution < -0.4 is 0 Å². The first-order valence-electron chi connectivity index (χ1n) is 4.09. The summed E-state index contributed by atoms with van der Waals surface area (Å²) in [5.41, 5.74) is 0. The summed E-state index contributed by atoms with van der Waals surface area (Å²) in [6.45, 7) is 6.58. The highest BCUT2D eigenvalue weighted by Crippen LogP contribution is 2.15. The first-order valence-corrected chi connectivity index (χ1v) is 5.05. The SMILES string of the molecule is IN1CCN2CCOC[C@H]2C1. The highest BCUT2D eigenvalue weighted by atomic mass is 127. The molecular weight excluding hydrogens is 255 g/mol. The maximum Gasteiger partial charge on any atom is 0.0635 e. The second kappa shape index (κ2) is 3.55. The smallest absolute Gasteiger partial charge is 0.0635 e. The molecule has 0 aromatic heterocycles. The van der Waals surface area contributed by atoms with E-state index in [0.717, 1.165) is 19.8 Å². The van der Waals surface area contributed by atoms with Crippen molar-refractivity contribution >= 4 is 22.9 Å². The van der Waals surface area contributed by atoms with Gasteiger partial charge in [0, 0.05) is 55.1 Å². The third-order valence-corrected chi connectivity index (χ3v) is 3.26. The molecule has 0 spiro atoms. The van der Waals surface area contributed by atoms with Crippen LogP contribution in [0.5, 0.6) is 0 Å². The highest BCUT2D eigenvalue weighted by molar-refractivity contribution is 14.1. The third-order valence-electron chi connectivity index (χ3n) is 2.39. The normalized spacial score (nSPS) is 35.2. The number of hydrogen-bond donors (Lipinski definition) is 0. The minimum atomic E-state index is 0.661. The molecule has 2 aliphatic heterocycles. The van der Waals surface area contributed by atoms with Gasteiger partial charge in [-0.15, -0.1) is 0 Å². The van der Waals surface area contributed by atoms with Crippen molar-refractivity contribution in [1.29, 1.82) is 0 Å². The lowest BCUT2D eigenvalue weighted by Crippen LogP contribution is -2.55. The van der Waals surface area contributed by atoms with Gasteiger partial charge in [-0.3, -0.25) is 4.90 Å². The molecule has 1 atom stereocenters. The van der Waals surface area contributed by atoms with Crippen molar-refractivity contribution in [1.82, 2.24) is 8.01 Å². The zero-order chi connectivity index (χ0) is 7.68. The Morgan fingerprint density at radius 1 is 1.27 bits per heavy atom. The lowest BCUT2D eigenvalue weighted by atomic mass is 10.2. The summed E-state index contributed by atoms with van der Waals surface area (Å²) in [7, 11) is 0. The second-order valence-corrected chi connectivity index (χ2v) is 4.50. The Morgan fingerprint density at radius 3 is 3.09 bits per heavy atom. The molecule has 0 aromatic carbocycles. The third kappa shape index (κ3) is 1.85. The van der Waals surface area contributed by atoms with Gasteiger partial charge >= 0.3 is 0 Å². The Labute approximate surface area is 81.2 Å².